The molecule has 1 saturated heterocycles. The third-order valence-corrected chi connectivity index (χ3v) is 5.02. The van der Waals surface area contributed by atoms with E-state index in [0.717, 1.165) is 23.4 Å². The average molecular weight is 421 g/mol. The number of anilines is 1. The maximum atomic E-state index is 14.1. The van der Waals surface area contributed by atoms with Gasteiger partial charge in [-0.2, -0.15) is 0 Å². The Morgan fingerprint density at radius 3 is 2.45 bits per heavy atom. The predicted molar refractivity (Wildman–Crippen MR) is 111 cm³/mol. The van der Waals surface area contributed by atoms with Gasteiger partial charge in [0.1, 0.15) is 17.5 Å². The lowest BCUT2D eigenvalue weighted by molar-refractivity contribution is 0.0742. The second-order valence-electron chi connectivity index (χ2n) is 8.13. The Bertz CT molecular complexity index is 893. The van der Waals surface area contributed by atoms with Crippen LogP contribution in [-0.4, -0.2) is 54.1 Å². The smallest absolute Gasteiger partial charge is 0.256 e. The van der Waals surface area contributed by atoms with Crippen molar-refractivity contribution in [3.63, 3.8) is 0 Å². The van der Waals surface area contributed by atoms with Crippen molar-refractivity contribution in [2.75, 3.05) is 38.2 Å². The molecule has 1 aliphatic rings. The van der Waals surface area contributed by atoms with Crippen molar-refractivity contribution in [1.29, 1.82) is 0 Å². The summed E-state index contributed by atoms with van der Waals surface area (Å²) in [5, 5.41) is 0.272. The van der Waals surface area contributed by atoms with Crippen LogP contribution in [0.5, 0.6) is 0 Å². The molecule has 0 atom stereocenters. The molecule has 8 heteroatoms. The topological polar surface area (TPSA) is 58.6 Å². The molecule has 0 unspecified atom stereocenters. The summed E-state index contributed by atoms with van der Waals surface area (Å²) in [5.74, 6) is 0.655. The van der Waals surface area contributed by atoms with Crippen LogP contribution < -0.4 is 4.90 Å². The largest absolute Gasteiger partial charge is 0.378 e. The van der Waals surface area contributed by atoms with Gasteiger partial charge in [-0.05, 0) is 18.2 Å². The fraction of sp³-hybridized carbons (Fsp3) is 0.476. The van der Waals surface area contributed by atoms with E-state index >= 15 is 0 Å². The number of hydrogen-bond acceptors (Lipinski definition) is 5. The van der Waals surface area contributed by atoms with E-state index in [2.05, 4.69) is 30.7 Å². The van der Waals surface area contributed by atoms with Crippen LogP contribution in [0.25, 0.3) is 0 Å². The van der Waals surface area contributed by atoms with Crippen molar-refractivity contribution in [2.24, 2.45) is 0 Å². The maximum absolute atomic E-state index is 14.1. The molecule has 0 bridgehead atoms. The number of aromatic nitrogens is 2. The third kappa shape index (κ3) is 5.03. The minimum Gasteiger partial charge on any atom is -0.378 e. The first-order valence-corrected chi connectivity index (χ1v) is 9.93. The number of piperazine rings is 1. The highest BCUT2D eigenvalue weighted by Crippen LogP contribution is 2.24. The number of ether oxygens (including phenoxy) is 1. The summed E-state index contributed by atoms with van der Waals surface area (Å²) >= 11 is 5.78. The van der Waals surface area contributed by atoms with Crippen LogP contribution in [0.4, 0.5) is 10.2 Å². The Labute approximate surface area is 175 Å². The molecule has 1 fully saturated rings. The molecular weight excluding hydrogens is 395 g/mol. The molecule has 156 valence electrons. The van der Waals surface area contributed by atoms with E-state index in [4.69, 9.17) is 21.3 Å². The molecule has 0 saturated carbocycles. The second kappa shape index (κ2) is 8.63. The van der Waals surface area contributed by atoms with Crippen LogP contribution >= 0.6 is 11.6 Å². The van der Waals surface area contributed by atoms with Crippen molar-refractivity contribution in [2.45, 2.75) is 32.8 Å². The molecule has 2 aromatic rings. The Hall–Kier alpha value is -2.25. The Morgan fingerprint density at radius 1 is 1.17 bits per heavy atom. The molecule has 1 amide bonds. The van der Waals surface area contributed by atoms with Crippen LogP contribution in [0, 0.1) is 5.82 Å². The molecule has 3 rings (SSSR count). The lowest BCUT2D eigenvalue weighted by Gasteiger charge is -2.36. The van der Waals surface area contributed by atoms with Gasteiger partial charge in [0.2, 0.25) is 0 Å². The van der Waals surface area contributed by atoms with Gasteiger partial charge >= 0.3 is 0 Å². The Balaban J connectivity index is 1.75. The number of nitrogens with zero attached hydrogens (tertiary/aromatic N) is 4. The summed E-state index contributed by atoms with van der Waals surface area (Å²) in [7, 11) is 1.64. The number of amides is 1. The molecule has 29 heavy (non-hydrogen) atoms. The first-order valence-electron chi connectivity index (χ1n) is 9.55. The van der Waals surface area contributed by atoms with Crippen LogP contribution in [0.2, 0.25) is 5.02 Å². The minimum atomic E-state index is -0.597. The summed E-state index contributed by atoms with van der Waals surface area (Å²) < 4.78 is 19.3. The molecule has 0 N–H and O–H groups in total. The molecule has 1 aliphatic heterocycles. The van der Waals surface area contributed by atoms with Crippen molar-refractivity contribution in [3.05, 3.63) is 52.2 Å². The molecule has 0 aliphatic carbocycles. The van der Waals surface area contributed by atoms with E-state index in [0.29, 0.717) is 32.8 Å². The highest BCUT2D eigenvalue weighted by molar-refractivity contribution is 6.30. The van der Waals surface area contributed by atoms with Gasteiger partial charge in [0.05, 0.1) is 17.9 Å². The summed E-state index contributed by atoms with van der Waals surface area (Å²) in [6, 6.07) is 6.05. The average Bonchev–Trinajstić information content (AvgIpc) is 2.67. The van der Waals surface area contributed by atoms with Gasteiger partial charge in [0.15, 0.2) is 0 Å². The SMILES string of the molecule is COCc1cc(N2CCN(C(=O)c3ccc(Cl)cc3F)CC2)nc(C(C)(C)C)n1. The fourth-order valence-corrected chi connectivity index (χ4v) is 3.33. The van der Waals surface area contributed by atoms with Crippen LogP contribution in [0.15, 0.2) is 24.3 Å². The van der Waals surface area contributed by atoms with Gasteiger partial charge in [-0.3, -0.25) is 4.79 Å². The maximum Gasteiger partial charge on any atom is 0.256 e. The fourth-order valence-electron chi connectivity index (χ4n) is 3.17. The van der Waals surface area contributed by atoms with Gasteiger partial charge < -0.3 is 14.5 Å². The van der Waals surface area contributed by atoms with E-state index in [1.54, 1.807) is 12.0 Å². The highest BCUT2D eigenvalue weighted by Gasteiger charge is 2.26. The van der Waals surface area contributed by atoms with Crippen LogP contribution in [0.3, 0.4) is 0 Å². The zero-order valence-corrected chi connectivity index (χ0v) is 18.0. The number of methoxy groups -OCH3 is 1. The zero-order chi connectivity index (χ0) is 21.2. The van der Waals surface area contributed by atoms with Crippen LogP contribution in [0.1, 0.15) is 42.6 Å². The minimum absolute atomic E-state index is 0.0438. The van der Waals surface area contributed by atoms with E-state index in [-0.39, 0.29) is 21.9 Å². The van der Waals surface area contributed by atoms with E-state index in [1.807, 2.05) is 6.07 Å². The number of hydrogen-bond donors (Lipinski definition) is 0. The van der Waals surface area contributed by atoms with E-state index in [1.165, 1.54) is 12.1 Å². The first kappa shape index (κ1) is 21.5. The number of rotatable bonds is 4. The summed E-state index contributed by atoms with van der Waals surface area (Å²) in [5.41, 5.74) is 0.675. The Kier molecular flexibility index (Phi) is 6.39. The number of benzene rings is 1. The third-order valence-electron chi connectivity index (χ3n) is 4.78. The van der Waals surface area contributed by atoms with Crippen LogP contribution in [-0.2, 0) is 16.8 Å². The van der Waals surface area contributed by atoms with Gasteiger partial charge in [-0.1, -0.05) is 32.4 Å². The van der Waals surface area contributed by atoms with Gasteiger partial charge in [0, 0.05) is 49.8 Å². The molecule has 0 radical (unpaired) electrons. The zero-order valence-electron chi connectivity index (χ0n) is 17.2. The van der Waals surface area contributed by atoms with Crippen molar-refractivity contribution >= 4 is 23.3 Å². The van der Waals surface area contributed by atoms with Gasteiger partial charge in [0.25, 0.3) is 5.91 Å². The number of carbonyl (C=O) groups excluding carboxylic acids is 1. The van der Waals surface area contributed by atoms with Crippen molar-refractivity contribution in [3.8, 4) is 0 Å². The number of carbonyl (C=O) groups is 1. The predicted octanol–water partition coefficient (Wildman–Crippen LogP) is 3.68. The lowest BCUT2D eigenvalue weighted by atomic mass is 9.95. The quantitative estimate of drug-likeness (QED) is 0.755. The normalized spacial score (nSPS) is 15.0. The molecule has 1 aromatic carbocycles. The Morgan fingerprint density at radius 2 is 1.86 bits per heavy atom. The summed E-state index contributed by atoms with van der Waals surface area (Å²) in [4.78, 5) is 25.8. The molecule has 1 aromatic heterocycles. The monoisotopic (exact) mass is 420 g/mol. The molecule has 0 spiro atoms. The molecule has 6 nitrogen and oxygen atoms in total. The summed E-state index contributed by atoms with van der Waals surface area (Å²) in [6.45, 7) is 8.79. The standard InChI is InChI=1S/C21H26ClFN4O2/c1-21(2,3)20-24-15(13-29-4)12-18(25-20)26-7-9-27(10-8-26)19(28)16-6-5-14(22)11-17(16)23/h5-6,11-12H,7-10,13H2,1-4H3. The lowest BCUT2D eigenvalue weighted by Crippen LogP contribution is -2.49. The van der Waals surface area contributed by atoms with Crippen molar-refractivity contribution in [1.82, 2.24) is 14.9 Å². The van der Waals surface area contributed by atoms with E-state index < -0.39 is 5.82 Å². The number of halogens is 2. The van der Waals surface area contributed by atoms with Crippen molar-refractivity contribution < 1.29 is 13.9 Å². The van der Waals surface area contributed by atoms with Gasteiger partial charge in [-0.25, -0.2) is 14.4 Å². The second-order valence-corrected chi connectivity index (χ2v) is 8.56. The van der Waals surface area contributed by atoms with E-state index in [9.17, 15) is 9.18 Å². The van der Waals surface area contributed by atoms with Gasteiger partial charge in [-0.15, -0.1) is 0 Å². The summed E-state index contributed by atoms with van der Waals surface area (Å²) in [6.07, 6.45) is 0. The highest BCUT2D eigenvalue weighted by atomic mass is 35.5. The first-order chi connectivity index (χ1) is 13.7. The molecule has 2 heterocycles. The molecular formula is C21H26ClFN4O2.